The molecule has 0 saturated heterocycles. The zero-order valence-corrected chi connectivity index (χ0v) is 13.4. The van der Waals surface area contributed by atoms with E-state index in [0.717, 1.165) is 5.56 Å². The monoisotopic (exact) mass is 398 g/mol. The molecule has 7 nitrogen and oxygen atoms in total. The molecule has 110 valence electrons. The number of nitrogens with one attached hydrogen (secondary N) is 2. The fourth-order valence-corrected chi connectivity index (χ4v) is 2.46. The minimum absolute atomic E-state index is 0.103. The van der Waals surface area contributed by atoms with Crippen LogP contribution < -0.4 is 16.2 Å². The number of nitrogens with zero attached hydrogens (tertiary/aromatic N) is 3. The summed E-state index contributed by atoms with van der Waals surface area (Å²) in [5.74, 6) is 0.690. The predicted molar refractivity (Wildman–Crippen MR) is 89.4 cm³/mol. The summed E-state index contributed by atoms with van der Waals surface area (Å²) < 4.78 is 0.516. The Bertz CT molecular complexity index is 672. The molecular formula is C13H15IN6O. The molecule has 0 bridgehead atoms. The number of H-pyrrole nitrogens is 1. The van der Waals surface area contributed by atoms with Crippen molar-refractivity contribution in [1.82, 2.24) is 15.0 Å². The van der Waals surface area contributed by atoms with Crippen molar-refractivity contribution in [2.24, 2.45) is 5.73 Å². The Labute approximate surface area is 135 Å². The zero-order chi connectivity index (χ0) is 15.2. The van der Waals surface area contributed by atoms with Gasteiger partial charge >= 0.3 is 0 Å². The highest BCUT2D eigenvalue weighted by Crippen LogP contribution is 2.18. The largest absolute Gasteiger partial charge is 0.388 e. The maximum atomic E-state index is 11.7. The number of rotatable bonds is 6. The van der Waals surface area contributed by atoms with Crippen LogP contribution in [0.3, 0.4) is 0 Å². The van der Waals surface area contributed by atoms with E-state index in [-0.39, 0.29) is 11.4 Å². The molecule has 0 aliphatic heterocycles. The molecule has 0 atom stereocenters. The van der Waals surface area contributed by atoms with Gasteiger partial charge in [-0.25, -0.2) is 4.98 Å². The van der Waals surface area contributed by atoms with Gasteiger partial charge in [-0.15, -0.1) is 0 Å². The van der Waals surface area contributed by atoms with E-state index < -0.39 is 0 Å². The van der Waals surface area contributed by atoms with Gasteiger partial charge in [0.1, 0.15) is 9.39 Å². The summed E-state index contributed by atoms with van der Waals surface area (Å²) >= 11 is 1.97. The Kier molecular flexibility index (Phi) is 5.26. The minimum atomic E-state index is -0.181. The average molecular weight is 398 g/mol. The van der Waals surface area contributed by atoms with Crippen LogP contribution in [0.1, 0.15) is 12.0 Å². The first-order chi connectivity index (χ1) is 10.1. The number of anilines is 1. The zero-order valence-electron chi connectivity index (χ0n) is 11.2. The quantitative estimate of drug-likeness (QED) is 0.383. The average Bonchev–Trinajstić information content (AvgIpc) is 2.47. The Balaban J connectivity index is 2.29. The van der Waals surface area contributed by atoms with Gasteiger partial charge in [-0.2, -0.15) is 0 Å². The van der Waals surface area contributed by atoms with Crippen LogP contribution in [-0.2, 0) is 6.54 Å². The van der Waals surface area contributed by atoms with Crippen LogP contribution in [0.2, 0.25) is 0 Å². The first-order valence-electron chi connectivity index (χ1n) is 6.28. The van der Waals surface area contributed by atoms with E-state index in [1.807, 2.05) is 39.6 Å². The van der Waals surface area contributed by atoms with Gasteiger partial charge in [0.25, 0.3) is 5.56 Å². The summed E-state index contributed by atoms with van der Waals surface area (Å²) in [6, 6.07) is 3.81. The molecule has 2 aromatic rings. The number of hydrogen-bond donors (Lipinski definition) is 3. The van der Waals surface area contributed by atoms with Gasteiger partial charge in [0, 0.05) is 31.9 Å². The highest BCUT2D eigenvalue weighted by molar-refractivity contribution is 14.1. The van der Waals surface area contributed by atoms with E-state index in [2.05, 4.69) is 15.0 Å². The highest BCUT2D eigenvalue weighted by Gasteiger charge is 2.15. The molecule has 0 aromatic carbocycles. The number of amidine groups is 1. The summed E-state index contributed by atoms with van der Waals surface area (Å²) in [7, 11) is 0. The second-order valence-corrected chi connectivity index (χ2v) is 5.51. The molecule has 0 amide bonds. The third kappa shape index (κ3) is 4.25. The molecule has 4 N–H and O–H groups in total. The van der Waals surface area contributed by atoms with Crippen LogP contribution in [0, 0.1) is 8.98 Å². The highest BCUT2D eigenvalue weighted by atomic mass is 127. The summed E-state index contributed by atoms with van der Waals surface area (Å²) in [6.07, 6.45) is 5.26. The van der Waals surface area contributed by atoms with Crippen LogP contribution in [0.15, 0.2) is 35.6 Å². The van der Waals surface area contributed by atoms with Crippen LogP contribution in [0.4, 0.5) is 5.82 Å². The van der Waals surface area contributed by atoms with E-state index in [9.17, 15) is 4.79 Å². The maximum absolute atomic E-state index is 11.7. The normalized spacial score (nSPS) is 10.3. The predicted octanol–water partition coefficient (Wildman–Crippen LogP) is 1.10. The van der Waals surface area contributed by atoms with Gasteiger partial charge in [-0.1, -0.05) is 6.07 Å². The molecule has 2 rings (SSSR count). The van der Waals surface area contributed by atoms with Gasteiger partial charge in [0.2, 0.25) is 0 Å². The lowest BCUT2D eigenvalue weighted by molar-refractivity contribution is 0.775. The van der Waals surface area contributed by atoms with Crippen molar-refractivity contribution in [2.75, 3.05) is 11.4 Å². The van der Waals surface area contributed by atoms with E-state index in [0.29, 0.717) is 28.9 Å². The molecule has 0 radical (unpaired) electrons. The molecule has 0 saturated carbocycles. The van der Waals surface area contributed by atoms with Crippen molar-refractivity contribution in [3.8, 4) is 0 Å². The fourth-order valence-electron chi connectivity index (χ4n) is 1.82. The lowest BCUT2D eigenvalue weighted by atomic mass is 10.2. The molecule has 0 aliphatic carbocycles. The van der Waals surface area contributed by atoms with Crippen LogP contribution in [0.25, 0.3) is 0 Å². The summed E-state index contributed by atoms with van der Waals surface area (Å²) in [5, 5.41) is 7.37. The van der Waals surface area contributed by atoms with E-state index in [1.54, 1.807) is 12.4 Å². The first-order valence-corrected chi connectivity index (χ1v) is 7.35. The maximum Gasteiger partial charge on any atom is 0.266 e. The van der Waals surface area contributed by atoms with Crippen molar-refractivity contribution < 1.29 is 0 Å². The topological polar surface area (TPSA) is 112 Å². The Morgan fingerprint density at radius 3 is 3.00 bits per heavy atom. The number of nitrogens with two attached hydrogens (primary N) is 1. The summed E-state index contributed by atoms with van der Waals surface area (Å²) in [4.78, 5) is 24.5. The first kappa shape index (κ1) is 15.4. The molecular weight excluding hydrogens is 383 g/mol. The number of pyridine rings is 1. The lowest BCUT2D eigenvalue weighted by Crippen LogP contribution is -2.30. The smallest absolute Gasteiger partial charge is 0.266 e. The third-order valence-electron chi connectivity index (χ3n) is 2.82. The van der Waals surface area contributed by atoms with Crippen molar-refractivity contribution in [3.05, 3.63) is 50.3 Å². The summed E-state index contributed by atoms with van der Waals surface area (Å²) in [6.45, 7) is 1.06. The Hall–Kier alpha value is -1.97. The third-order valence-corrected chi connectivity index (χ3v) is 3.80. The molecule has 21 heavy (non-hydrogen) atoms. The summed E-state index contributed by atoms with van der Waals surface area (Å²) in [5.41, 5.74) is 6.25. The number of aromatic amines is 1. The van der Waals surface area contributed by atoms with Crippen LogP contribution in [0.5, 0.6) is 0 Å². The van der Waals surface area contributed by atoms with E-state index in [4.69, 9.17) is 11.1 Å². The molecule has 2 aromatic heterocycles. The van der Waals surface area contributed by atoms with Gasteiger partial charge in [-0.05, 0) is 34.2 Å². The van der Waals surface area contributed by atoms with Crippen molar-refractivity contribution >= 4 is 34.2 Å². The SMILES string of the molecule is N=C(N)CCN(Cc1cccnc1)c1nc[nH]c(=O)c1I. The number of aromatic nitrogens is 3. The van der Waals surface area contributed by atoms with Crippen LogP contribution >= 0.6 is 22.6 Å². The van der Waals surface area contributed by atoms with Crippen molar-refractivity contribution in [1.29, 1.82) is 5.41 Å². The molecule has 2 heterocycles. The van der Waals surface area contributed by atoms with E-state index >= 15 is 0 Å². The second-order valence-electron chi connectivity index (χ2n) is 4.43. The fraction of sp³-hybridized carbons (Fsp3) is 0.231. The molecule has 8 heteroatoms. The minimum Gasteiger partial charge on any atom is -0.388 e. The second kappa shape index (κ2) is 7.16. The molecule has 0 unspecified atom stereocenters. The number of hydrogen-bond acceptors (Lipinski definition) is 5. The van der Waals surface area contributed by atoms with Crippen LogP contribution in [-0.4, -0.2) is 27.3 Å². The Morgan fingerprint density at radius 1 is 1.52 bits per heavy atom. The number of halogens is 1. The van der Waals surface area contributed by atoms with Gasteiger partial charge in [-0.3, -0.25) is 15.2 Å². The molecule has 0 aliphatic rings. The standard InChI is InChI=1S/C13H15IN6O/c14-11-12(18-8-19-13(11)21)20(5-3-10(15)16)7-9-2-1-4-17-6-9/h1-2,4,6,8H,3,5,7H2,(H3,15,16)(H,18,19,21). The lowest BCUT2D eigenvalue weighted by Gasteiger charge is -2.24. The van der Waals surface area contributed by atoms with Crippen molar-refractivity contribution in [2.45, 2.75) is 13.0 Å². The molecule has 0 fully saturated rings. The Morgan fingerprint density at radius 2 is 2.33 bits per heavy atom. The van der Waals surface area contributed by atoms with Gasteiger partial charge < -0.3 is 15.6 Å². The van der Waals surface area contributed by atoms with E-state index in [1.165, 1.54) is 6.33 Å². The van der Waals surface area contributed by atoms with Gasteiger partial charge in [0.05, 0.1) is 12.2 Å². The molecule has 0 spiro atoms. The van der Waals surface area contributed by atoms with Crippen molar-refractivity contribution in [3.63, 3.8) is 0 Å². The van der Waals surface area contributed by atoms with Gasteiger partial charge in [0.15, 0.2) is 0 Å².